The number of carbonyl (C=O) groups excluding carboxylic acids is 1. The van der Waals surface area contributed by atoms with E-state index < -0.39 is 5.54 Å². The van der Waals surface area contributed by atoms with Gasteiger partial charge in [0.1, 0.15) is 11.4 Å². The minimum absolute atomic E-state index is 0. The zero-order valence-electron chi connectivity index (χ0n) is 9.48. The van der Waals surface area contributed by atoms with E-state index in [1.807, 2.05) is 30.3 Å². The molecular formula is C13H15ClN2O. The molecule has 1 aliphatic heterocycles. The number of nitrogens with one attached hydrogen (secondary N) is 1. The van der Waals surface area contributed by atoms with E-state index in [2.05, 4.69) is 10.3 Å². The molecule has 1 aliphatic carbocycles. The van der Waals surface area contributed by atoms with E-state index in [0.29, 0.717) is 0 Å². The van der Waals surface area contributed by atoms with Gasteiger partial charge in [-0.25, -0.2) is 0 Å². The molecule has 3 rings (SSSR count). The quantitative estimate of drug-likeness (QED) is 0.817. The van der Waals surface area contributed by atoms with E-state index >= 15 is 0 Å². The fourth-order valence-corrected chi connectivity index (χ4v) is 2.55. The first-order valence-corrected chi connectivity index (χ1v) is 5.77. The molecule has 1 N–H and O–H groups in total. The molecule has 4 heteroatoms. The molecule has 1 aromatic rings. The van der Waals surface area contributed by atoms with Crippen LogP contribution in [0.25, 0.3) is 0 Å². The highest BCUT2D eigenvalue weighted by atomic mass is 35.5. The van der Waals surface area contributed by atoms with Crippen LogP contribution in [0.15, 0.2) is 35.3 Å². The number of rotatable bonds is 1. The van der Waals surface area contributed by atoms with Crippen LogP contribution in [0.1, 0.15) is 31.2 Å². The van der Waals surface area contributed by atoms with Crippen LogP contribution < -0.4 is 5.32 Å². The normalized spacial score (nSPS) is 20.9. The van der Waals surface area contributed by atoms with Gasteiger partial charge in [0.25, 0.3) is 5.91 Å². The minimum atomic E-state index is -0.439. The molecule has 17 heavy (non-hydrogen) atoms. The summed E-state index contributed by atoms with van der Waals surface area (Å²) in [7, 11) is 0. The lowest BCUT2D eigenvalue weighted by atomic mass is 9.99. The van der Waals surface area contributed by atoms with Gasteiger partial charge >= 0.3 is 0 Å². The summed E-state index contributed by atoms with van der Waals surface area (Å²) < 4.78 is 0. The van der Waals surface area contributed by atoms with Crippen LogP contribution in [-0.2, 0) is 4.79 Å². The van der Waals surface area contributed by atoms with Gasteiger partial charge in [-0.3, -0.25) is 9.79 Å². The number of benzene rings is 1. The lowest BCUT2D eigenvalue weighted by Gasteiger charge is -2.14. The Balaban J connectivity index is 0.00000108. The van der Waals surface area contributed by atoms with Gasteiger partial charge in [-0.2, -0.15) is 0 Å². The van der Waals surface area contributed by atoms with Gasteiger partial charge in [-0.15, -0.1) is 12.4 Å². The van der Waals surface area contributed by atoms with Gasteiger partial charge in [0.2, 0.25) is 0 Å². The number of amides is 1. The second kappa shape index (κ2) is 4.49. The van der Waals surface area contributed by atoms with Crippen molar-refractivity contribution in [2.24, 2.45) is 4.99 Å². The first-order chi connectivity index (χ1) is 7.80. The molecule has 0 radical (unpaired) electrons. The van der Waals surface area contributed by atoms with E-state index in [1.165, 1.54) is 0 Å². The lowest BCUT2D eigenvalue weighted by Crippen LogP contribution is -2.37. The number of hydrogen-bond acceptors (Lipinski definition) is 2. The molecule has 90 valence electrons. The van der Waals surface area contributed by atoms with E-state index in [0.717, 1.165) is 37.1 Å². The summed E-state index contributed by atoms with van der Waals surface area (Å²) in [5, 5.41) is 2.91. The number of carbonyl (C=O) groups is 1. The molecule has 0 aromatic heterocycles. The predicted molar refractivity (Wildman–Crippen MR) is 69.6 cm³/mol. The zero-order valence-corrected chi connectivity index (χ0v) is 10.3. The predicted octanol–water partition coefficient (Wildman–Crippen LogP) is 2.30. The third-order valence-electron chi connectivity index (χ3n) is 3.46. The van der Waals surface area contributed by atoms with Gasteiger partial charge in [-0.1, -0.05) is 43.2 Å². The number of nitrogens with zero attached hydrogens (tertiary/aromatic N) is 1. The van der Waals surface area contributed by atoms with Crippen molar-refractivity contribution in [2.45, 2.75) is 31.2 Å². The van der Waals surface area contributed by atoms with E-state index in [1.54, 1.807) is 0 Å². The first-order valence-electron chi connectivity index (χ1n) is 5.77. The Morgan fingerprint density at radius 3 is 2.41 bits per heavy atom. The summed E-state index contributed by atoms with van der Waals surface area (Å²) in [4.78, 5) is 16.6. The van der Waals surface area contributed by atoms with Crippen molar-refractivity contribution in [3.05, 3.63) is 35.9 Å². The molecule has 1 aromatic carbocycles. The highest BCUT2D eigenvalue weighted by molar-refractivity contribution is 6.15. The highest BCUT2D eigenvalue weighted by Gasteiger charge is 2.45. The van der Waals surface area contributed by atoms with E-state index in [4.69, 9.17) is 0 Å². The fourth-order valence-electron chi connectivity index (χ4n) is 2.55. The summed E-state index contributed by atoms with van der Waals surface area (Å²) in [6.45, 7) is 0. The molecule has 1 heterocycles. The minimum Gasteiger partial charge on any atom is -0.308 e. The maximum absolute atomic E-state index is 12.0. The molecule has 1 fully saturated rings. The van der Waals surface area contributed by atoms with Crippen LogP contribution in [0.2, 0.25) is 0 Å². The Bertz CT molecular complexity index is 450. The van der Waals surface area contributed by atoms with Crippen LogP contribution in [0.4, 0.5) is 0 Å². The van der Waals surface area contributed by atoms with E-state index in [9.17, 15) is 4.79 Å². The summed E-state index contributed by atoms with van der Waals surface area (Å²) >= 11 is 0. The molecule has 0 unspecified atom stereocenters. The number of amidine groups is 1. The third-order valence-corrected chi connectivity index (χ3v) is 3.46. The summed E-state index contributed by atoms with van der Waals surface area (Å²) in [5.74, 6) is 0.830. The molecule has 1 spiro atoms. The van der Waals surface area contributed by atoms with Gasteiger partial charge in [0, 0.05) is 5.56 Å². The molecule has 2 aliphatic rings. The Morgan fingerprint density at radius 2 is 1.76 bits per heavy atom. The second-order valence-corrected chi connectivity index (χ2v) is 4.52. The molecule has 1 amide bonds. The van der Waals surface area contributed by atoms with Crippen LogP contribution in [0.3, 0.4) is 0 Å². The topological polar surface area (TPSA) is 41.5 Å². The Morgan fingerprint density at radius 1 is 1.12 bits per heavy atom. The maximum Gasteiger partial charge on any atom is 0.253 e. The Hall–Kier alpha value is -1.35. The largest absolute Gasteiger partial charge is 0.308 e. The smallest absolute Gasteiger partial charge is 0.253 e. The highest BCUT2D eigenvalue weighted by Crippen LogP contribution is 2.36. The lowest BCUT2D eigenvalue weighted by molar-refractivity contribution is -0.123. The van der Waals surface area contributed by atoms with Gasteiger partial charge in [0.15, 0.2) is 0 Å². The maximum atomic E-state index is 12.0. The van der Waals surface area contributed by atoms with Crippen molar-refractivity contribution in [1.82, 2.24) is 5.32 Å². The standard InChI is InChI=1S/C13H14N2O.ClH/c16-12-13(8-4-5-9-13)15-11(14-12)10-6-2-1-3-7-10;/h1-3,6-7H,4-5,8-9H2,(H,14,15,16);1H. The fraction of sp³-hybridized carbons (Fsp3) is 0.385. The number of halogens is 1. The first kappa shape index (κ1) is 12.1. The molecule has 0 atom stereocenters. The van der Waals surface area contributed by atoms with E-state index in [-0.39, 0.29) is 18.3 Å². The number of hydrogen-bond donors (Lipinski definition) is 1. The van der Waals surface area contributed by atoms with Crippen LogP contribution in [0.5, 0.6) is 0 Å². The SMILES string of the molecule is Cl.O=C1NC(c2ccccc2)=NC12CCCC2. The van der Waals surface area contributed by atoms with Gasteiger partial charge < -0.3 is 5.32 Å². The van der Waals surface area contributed by atoms with Crippen molar-refractivity contribution in [3.8, 4) is 0 Å². The molecule has 1 saturated carbocycles. The van der Waals surface area contributed by atoms with Crippen molar-refractivity contribution in [2.75, 3.05) is 0 Å². The van der Waals surface area contributed by atoms with Crippen molar-refractivity contribution < 1.29 is 4.79 Å². The monoisotopic (exact) mass is 250 g/mol. The number of aliphatic imine (C=N–C) groups is 1. The van der Waals surface area contributed by atoms with Crippen molar-refractivity contribution in [1.29, 1.82) is 0 Å². The van der Waals surface area contributed by atoms with Crippen LogP contribution in [-0.4, -0.2) is 17.3 Å². The Labute approximate surface area is 107 Å². The summed E-state index contributed by atoms with van der Waals surface area (Å²) in [6, 6.07) is 9.85. The second-order valence-electron chi connectivity index (χ2n) is 4.52. The van der Waals surface area contributed by atoms with Crippen molar-refractivity contribution in [3.63, 3.8) is 0 Å². The molecule has 3 nitrogen and oxygen atoms in total. The third kappa shape index (κ3) is 1.95. The average molecular weight is 251 g/mol. The molecule has 0 saturated heterocycles. The van der Waals surface area contributed by atoms with Gasteiger partial charge in [0.05, 0.1) is 0 Å². The van der Waals surface area contributed by atoms with Crippen LogP contribution >= 0.6 is 12.4 Å². The average Bonchev–Trinajstić information content (AvgIpc) is 2.91. The summed E-state index contributed by atoms with van der Waals surface area (Å²) in [5.41, 5.74) is 0.560. The Kier molecular flexibility index (Phi) is 3.20. The van der Waals surface area contributed by atoms with Gasteiger partial charge in [-0.05, 0) is 12.8 Å². The molecule has 0 bridgehead atoms. The van der Waals surface area contributed by atoms with Crippen LogP contribution in [0, 0.1) is 0 Å². The molecular weight excluding hydrogens is 236 g/mol. The van der Waals surface area contributed by atoms with Crippen molar-refractivity contribution >= 4 is 24.1 Å². The zero-order chi connectivity index (χ0) is 11.0. The summed E-state index contributed by atoms with van der Waals surface area (Å²) in [6.07, 6.45) is 4.02.